The minimum absolute atomic E-state index is 0.683. The Hall–Kier alpha value is -6.82. The van der Waals surface area contributed by atoms with Crippen LogP contribution < -0.4 is 0 Å². The fourth-order valence-electron chi connectivity index (χ4n) is 9.11. The molecule has 8 aromatic carbocycles. The molecule has 0 amide bonds. The van der Waals surface area contributed by atoms with E-state index in [4.69, 9.17) is 9.97 Å². The SMILES string of the molecule is c1ccc2cc(-c3nc(-n4c5cc6ccccc6cc5c5cc6c7ccccc7n7c8ccccc8c(c54)c67)nc4c3sc3ccccc34)ccc2c1. The van der Waals surface area contributed by atoms with E-state index < -0.39 is 0 Å². The molecule has 0 spiro atoms. The zero-order valence-electron chi connectivity index (χ0n) is 28.2. The number of aromatic nitrogens is 4. The average molecular weight is 691 g/mol. The number of hydrogen-bond acceptors (Lipinski definition) is 3. The number of para-hydroxylation sites is 2. The number of hydrogen-bond donors (Lipinski definition) is 0. The molecule has 0 aliphatic rings. The molecule has 0 unspecified atom stereocenters. The van der Waals surface area contributed by atoms with Crippen LogP contribution in [0.4, 0.5) is 0 Å². The zero-order chi connectivity index (χ0) is 34.4. The number of rotatable bonds is 2. The second-order valence-electron chi connectivity index (χ2n) is 14.2. The minimum atomic E-state index is 0.683. The molecule has 0 radical (unpaired) electrons. The molecular weight excluding hydrogens is 665 g/mol. The minimum Gasteiger partial charge on any atom is -0.308 e. The van der Waals surface area contributed by atoms with E-state index >= 15 is 0 Å². The lowest BCUT2D eigenvalue weighted by Crippen LogP contribution is -2.03. The van der Waals surface area contributed by atoms with Gasteiger partial charge in [-0.25, -0.2) is 9.97 Å². The molecule has 4 nitrogen and oxygen atoms in total. The molecular formula is C48H26N4S. The monoisotopic (exact) mass is 690 g/mol. The van der Waals surface area contributed by atoms with Crippen molar-refractivity contribution in [2.75, 3.05) is 0 Å². The van der Waals surface area contributed by atoms with E-state index in [0.717, 1.165) is 37.9 Å². The lowest BCUT2D eigenvalue weighted by Gasteiger charge is -2.12. The fourth-order valence-corrected chi connectivity index (χ4v) is 10.3. The van der Waals surface area contributed by atoms with Crippen molar-refractivity contribution in [2.45, 2.75) is 0 Å². The van der Waals surface area contributed by atoms with Crippen LogP contribution in [0, 0.1) is 0 Å². The van der Waals surface area contributed by atoms with Crippen LogP contribution in [-0.2, 0) is 0 Å². The van der Waals surface area contributed by atoms with Crippen LogP contribution in [0.5, 0.6) is 0 Å². The van der Waals surface area contributed by atoms with Gasteiger partial charge in [0.25, 0.3) is 0 Å². The molecule has 53 heavy (non-hydrogen) atoms. The second kappa shape index (κ2) is 9.94. The molecule has 0 aliphatic carbocycles. The molecule has 0 atom stereocenters. The van der Waals surface area contributed by atoms with Gasteiger partial charge in [-0.15, -0.1) is 11.3 Å². The molecule has 244 valence electrons. The highest BCUT2D eigenvalue weighted by atomic mass is 32.1. The normalized spacial score (nSPS) is 12.5. The van der Waals surface area contributed by atoms with Gasteiger partial charge in [0.15, 0.2) is 0 Å². The third-order valence-electron chi connectivity index (χ3n) is 11.4. The van der Waals surface area contributed by atoms with Crippen LogP contribution in [0.2, 0.25) is 0 Å². The molecule has 5 heterocycles. The van der Waals surface area contributed by atoms with Crippen molar-refractivity contribution >= 4 is 113 Å². The van der Waals surface area contributed by atoms with Crippen molar-refractivity contribution in [1.82, 2.24) is 18.9 Å². The summed E-state index contributed by atoms with van der Waals surface area (Å²) in [6, 6.07) is 57.4. The van der Waals surface area contributed by atoms with E-state index in [2.05, 4.69) is 167 Å². The standard InChI is InChI=1S/C48H26N4S/c1-2-12-28-23-31(22-21-27(28)11-1)43-47-44(34-17-7-10-20-41(34)53-47)50-48(49-43)52-40-25-30-14-4-3-13-29(30)24-35(40)37-26-36-32-15-5-8-18-38(32)51-39-19-9-6-16-33(39)42(45(36)51)46(37)52/h1-26H. The van der Waals surface area contributed by atoms with Gasteiger partial charge in [0, 0.05) is 48.0 Å². The molecule has 5 heteroatoms. The summed E-state index contributed by atoms with van der Waals surface area (Å²) in [5, 5.41) is 13.4. The summed E-state index contributed by atoms with van der Waals surface area (Å²) in [4.78, 5) is 11.2. The Morgan fingerprint density at radius 3 is 1.91 bits per heavy atom. The highest BCUT2D eigenvalue weighted by Crippen LogP contribution is 2.47. The van der Waals surface area contributed by atoms with Crippen LogP contribution in [0.25, 0.3) is 119 Å². The first-order valence-corrected chi connectivity index (χ1v) is 18.8. The molecule has 0 saturated carbocycles. The fraction of sp³-hybridized carbons (Fsp3) is 0. The molecule has 0 fully saturated rings. The Kier molecular flexibility index (Phi) is 5.22. The Morgan fingerprint density at radius 2 is 1.08 bits per heavy atom. The van der Waals surface area contributed by atoms with Gasteiger partial charge < -0.3 is 4.40 Å². The molecule has 0 saturated heterocycles. The quantitative estimate of drug-likeness (QED) is 0.181. The maximum Gasteiger partial charge on any atom is 0.235 e. The van der Waals surface area contributed by atoms with Crippen molar-refractivity contribution in [3.05, 3.63) is 158 Å². The summed E-state index contributed by atoms with van der Waals surface area (Å²) in [6.07, 6.45) is 0. The maximum atomic E-state index is 5.62. The second-order valence-corrected chi connectivity index (χ2v) is 15.2. The maximum absolute atomic E-state index is 5.62. The summed E-state index contributed by atoms with van der Waals surface area (Å²) in [5.41, 5.74) is 8.95. The summed E-state index contributed by atoms with van der Waals surface area (Å²) in [6.45, 7) is 0. The van der Waals surface area contributed by atoms with Gasteiger partial charge in [-0.2, -0.15) is 0 Å². The number of thiophene rings is 1. The van der Waals surface area contributed by atoms with Crippen molar-refractivity contribution in [1.29, 1.82) is 0 Å². The van der Waals surface area contributed by atoms with Crippen LogP contribution in [0.15, 0.2) is 158 Å². The van der Waals surface area contributed by atoms with Crippen LogP contribution in [-0.4, -0.2) is 18.9 Å². The molecule has 0 bridgehead atoms. The average Bonchev–Trinajstić information content (AvgIpc) is 3.95. The summed E-state index contributed by atoms with van der Waals surface area (Å²) in [7, 11) is 0. The Morgan fingerprint density at radius 1 is 0.434 bits per heavy atom. The van der Waals surface area contributed by atoms with E-state index in [-0.39, 0.29) is 0 Å². The van der Waals surface area contributed by atoms with E-state index in [0.29, 0.717) is 5.95 Å². The van der Waals surface area contributed by atoms with Crippen molar-refractivity contribution in [3.63, 3.8) is 0 Å². The Balaban J connectivity index is 1.27. The molecule has 0 aliphatic heterocycles. The van der Waals surface area contributed by atoms with E-state index in [9.17, 15) is 0 Å². The van der Waals surface area contributed by atoms with Crippen molar-refractivity contribution in [2.24, 2.45) is 0 Å². The van der Waals surface area contributed by atoms with Gasteiger partial charge in [0.1, 0.15) is 0 Å². The summed E-state index contributed by atoms with van der Waals surface area (Å²) < 4.78 is 7.15. The van der Waals surface area contributed by atoms with Crippen LogP contribution in [0.3, 0.4) is 0 Å². The largest absolute Gasteiger partial charge is 0.308 e. The van der Waals surface area contributed by atoms with Gasteiger partial charge in [-0.05, 0) is 64.0 Å². The van der Waals surface area contributed by atoms with E-state index in [1.165, 1.54) is 75.1 Å². The van der Waals surface area contributed by atoms with Gasteiger partial charge in [-0.1, -0.05) is 115 Å². The first-order chi connectivity index (χ1) is 26.3. The number of fused-ring (bicyclic) bond motifs is 15. The highest BCUT2D eigenvalue weighted by molar-refractivity contribution is 7.26. The van der Waals surface area contributed by atoms with Crippen molar-refractivity contribution in [3.8, 4) is 17.2 Å². The number of benzene rings is 8. The molecule has 5 aromatic heterocycles. The molecule has 13 rings (SSSR count). The third kappa shape index (κ3) is 3.59. The van der Waals surface area contributed by atoms with Gasteiger partial charge in [0.2, 0.25) is 5.95 Å². The predicted octanol–water partition coefficient (Wildman–Crippen LogP) is 13.1. The molecule has 13 aromatic rings. The first-order valence-electron chi connectivity index (χ1n) is 18.0. The first kappa shape index (κ1) is 27.8. The number of nitrogens with zero attached hydrogens (tertiary/aromatic N) is 4. The highest BCUT2D eigenvalue weighted by Gasteiger charge is 2.26. The van der Waals surface area contributed by atoms with E-state index in [1.54, 1.807) is 11.3 Å². The van der Waals surface area contributed by atoms with Crippen molar-refractivity contribution < 1.29 is 0 Å². The smallest absolute Gasteiger partial charge is 0.235 e. The Bertz CT molecular complexity index is 3700. The van der Waals surface area contributed by atoms with Gasteiger partial charge in [0.05, 0.1) is 43.5 Å². The van der Waals surface area contributed by atoms with E-state index in [1.807, 2.05) is 0 Å². The predicted molar refractivity (Wildman–Crippen MR) is 224 cm³/mol. The zero-order valence-corrected chi connectivity index (χ0v) is 29.0. The Labute approximate surface area is 305 Å². The van der Waals surface area contributed by atoms with Crippen LogP contribution >= 0.6 is 11.3 Å². The lowest BCUT2D eigenvalue weighted by atomic mass is 10.0. The van der Waals surface area contributed by atoms with Crippen LogP contribution in [0.1, 0.15) is 0 Å². The lowest BCUT2D eigenvalue weighted by molar-refractivity contribution is 1.02. The summed E-state index contributed by atoms with van der Waals surface area (Å²) in [5.74, 6) is 0.683. The summed E-state index contributed by atoms with van der Waals surface area (Å²) >= 11 is 1.78. The van der Waals surface area contributed by atoms with Gasteiger partial charge >= 0.3 is 0 Å². The molecule has 0 N–H and O–H groups in total. The topological polar surface area (TPSA) is 35.1 Å². The third-order valence-corrected chi connectivity index (χ3v) is 12.6. The van der Waals surface area contributed by atoms with Gasteiger partial charge in [-0.3, -0.25) is 4.57 Å².